The van der Waals surface area contributed by atoms with Crippen molar-refractivity contribution < 1.29 is 14.4 Å². The highest BCUT2D eigenvalue weighted by Gasteiger charge is 2.20. The number of nitrogens with zero attached hydrogens (tertiary/aromatic N) is 1. The lowest BCUT2D eigenvalue weighted by atomic mass is 10.1. The van der Waals surface area contributed by atoms with E-state index in [1.807, 2.05) is 18.2 Å². The maximum atomic E-state index is 11.2. The lowest BCUT2D eigenvalue weighted by Gasteiger charge is -1.99. The summed E-state index contributed by atoms with van der Waals surface area (Å²) in [6, 6.07) is 0. The van der Waals surface area contributed by atoms with E-state index in [2.05, 4.69) is 47.2 Å². The number of esters is 1. The maximum Gasteiger partial charge on any atom is 0.311 e. The molecule has 0 bridgehead atoms. The van der Waals surface area contributed by atoms with Crippen LogP contribution in [0.2, 0.25) is 0 Å². The third-order valence-electron chi connectivity index (χ3n) is 3.76. The van der Waals surface area contributed by atoms with Gasteiger partial charge >= 0.3 is 5.97 Å². The number of carbonyl (C=O) groups excluding carboxylic acids is 1. The second kappa shape index (κ2) is 14.3. The fraction of sp³-hybridized carbons (Fsp3) is 0.524. The van der Waals surface area contributed by atoms with Crippen LogP contribution >= 0.6 is 0 Å². The molecule has 138 valence electrons. The Morgan fingerprint density at radius 1 is 1.16 bits per heavy atom. The number of allylic oxidation sites excluding steroid dienone is 7. The van der Waals surface area contributed by atoms with Gasteiger partial charge in [-0.1, -0.05) is 67.5 Å². The van der Waals surface area contributed by atoms with Gasteiger partial charge < -0.3 is 9.57 Å². The first-order valence-electron chi connectivity index (χ1n) is 9.18. The van der Waals surface area contributed by atoms with Gasteiger partial charge in [0, 0.05) is 6.42 Å². The van der Waals surface area contributed by atoms with Crippen molar-refractivity contribution in [2.75, 3.05) is 7.11 Å². The van der Waals surface area contributed by atoms with E-state index < -0.39 is 0 Å². The topological polar surface area (TPSA) is 47.9 Å². The molecule has 0 aromatic carbocycles. The number of oxime groups is 1. The summed E-state index contributed by atoms with van der Waals surface area (Å²) < 4.78 is 4.61. The summed E-state index contributed by atoms with van der Waals surface area (Å²) in [5.41, 5.74) is 0.733. The van der Waals surface area contributed by atoms with Crippen LogP contribution < -0.4 is 0 Å². The highest BCUT2D eigenvalue weighted by molar-refractivity contribution is 5.99. The van der Waals surface area contributed by atoms with Gasteiger partial charge in [-0.05, 0) is 31.8 Å². The molecular formula is C21H31NO3. The van der Waals surface area contributed by atoms with Crippen LogP contribution in [0.15, 0.2) is 53.8 Å². The van der Waals surface area contributed by atoms with Crippen LogP contribution in [0.4, 0.5) is 0 Å². The molecule has 0 aromatic rings. The molecule has 0 N–H and O–H groups in total. The fourth-order valence-electron chi connectivity index (χ4n) is 2.32. The number of methoxy groups -OCH3 is 1. The number of carbonyl (C=O) groups is 1. The molecule has 0 spiro atoms. The van der Waals surface area contributed by atoms with E-state index in [1.54, 1.807) is 0 Å². The SMILES string of the molecule is CCCCC/C=C\C/C=C\C/C=C\C=C\C1CC(CC(=O)OC)=NO1. The Labute approximate surface area is 152 Å². The first kappa shape index (κ1) is 20.9. The summed E-state index contributed by atoms with van der Waals surface area (Å²) in [4.78, 5) is 16.4. The van der Waals surface area contributed by atoms with Gasteiger partial charge in [0.25, 0.3) is 0 Å². The molecule has 1 rings (SSSR count). The number of hydrogen-bond acceptors (Lipinski definition) is 4. The number of unbranched alkanes of at least 4 members (excludes halogenated alkanes) is 3. The van der Waals surface area contributed by atoms with Gasteiger partial charge in [-0.2, -0.15) is 0 Å². The third kappa shape index (κ3) is 11.1. The first-order chi connectivity index (χ1) is 12.3. The van der Waals surface area contributed by atoms with Gasteiger partial charge in [-0.3, -0.25) is 4.79 Å². The van der Waals surface area contributed by atoms with Crippen LogP contribution in [-0.4, -0.2) is 24.9 Å². The highest BCUT2D eigenvalue weighted by Crippen LogP contribution is 2.14. The zero-order valence-electron chi connectivity index (χ0n) is 15.5. The van der Waals surface area contributed by atoms with Crippen molar-refractivity contribution in [3.8, 4) is 0 Å². The summed E-state index contributed by atoms with van der Waals surface area (Å²) in [5.74, 6) is -0.283. The molecule has 0 aromatic heterocycles. The van der Waals surface area contributed by atoms with Crippen LogP contribution in [0, 0.1) is 0 Å². The predicted octanol–water partition coefficient (Wildman–Crippen LogP) is 5.28. The molecule has 0 aliphatic carbocycles. The lowest BCUT2D eigenvalue weighted by molar-refractivity contribution is -0.139. The quantitative estimate of drug-likeness (QED) is 0.209. The van der Waals surface area contributed by atoms with E-state index >= 15 is 0 Å². The molecule has 1 atom stereocenters. The molecular weight excluding hydrogens is 314 g/mol. The maximum absolute atomic E-state index is 11.2. The normalized spacial score (nSPS) is 17.8. The van der Waals surface area contributed by atoms with Crippen LogP contribution in [0.5, 0.6) is 0 Å². The van der Waals surface area contributed by atoms with Crippen molar-refractivity contribution in [2.24, 2.45) is 5.16 Å². The van der Waals surface area contributed by atoms with E-state index in [1.165, 1.54) is 32.8 Å². The largest absolute Gasteiger partial charge is 0.469 e. The Morgan fingerprint density at radius 2 is 1.92 bits per heavy atom. The van der Waals surface area contributed by atoms with E-state index in [9.17, 15) is 4.79 Å². The summed E-state index contributed by atoms with van der Waals surface area (Å²) in [6.07, 6.45) is 24.7. The highest BCUT2D eigenvalue weighted by atomic mass is 16.6. The van der Waals surface area contributed by atoms with Crippen molar-refractivity contribution in [1.29, 1.82) is 0 Å². The molecule has 0 fully saturated rings. The van der Waals surface area contributed by atoms with Crippen molar-refractivity contribution in [3.63, 3.8) is 0 Å². The molecule has 1 heterocycles. The Morgan fingerprint density at radius 3 is 2.68 bits per heavy atom. The molecule has 0 radical (unpaired) electrons. The third-order valence-corrected chi connectivity index (χ3v) is 3.76. The minimum Gasteiger partial charge on any atom is -0.469 e. The number of hydrogen-bond donors (Lipinski definition) is 0. The Balaban J connectivity index is 2.07. The molecule has 0 amide bonds. The fourth-order valence-corrected chi connectivity index (χ4v) is 2.32. The average Bonchev–Trinajstić information content (AvgIpc) is 3.06. The molecule has 1 aliphatic heterocycles. The van der Waals surface area contributed by atoms with Crippen LogP contribution in [-0.2, 0) is 14.4 Å². The minimum absolute atomic E-state index is 0.0855. The molecule has 1 unspecified atom stereocenters. The van der Waals surface area contributed by atoms with Crippen LogP contribution in [0.1, 0.15) is 58.3 Å². The summed E-state index contributed by atoms with van der Waals surface area (Å²) in [6.45, 7) is 2.23. The van der Waals surface area contributed by atoms with E-state index in [-0.39, 0.29) is 18.5 Å². The minimum atomic E-state index is -0.283. The number of ether oxygens (including phenoxy) is 1. The predicted molar refractivity (Wildman–Crippen MR) is 103 cm³/mol. The molecule has 1 aliphatic rings. The zero-order valence-corrected chi connectivity index (χ0v) is 15.5. The Kier molecular flexibility index (Phi) is 11.9. The number of rotatable bonds is 12. The monoisotopic (exact) mass is 345 g/mol. The molecule has 4 nitrogen and oxygen atoms in total. The van der Waals surface area contributed by atoms with E-state index in [0.717, 1.165) is 18.6 Å². The van der Waals surface area contributed by atoms with Crippen LogP contribution in [0.25, 0.3) is 0 Å². The lowest BCUT2D eigenvalue weighted by Crippen LogP contribution is -2.10. The van der Waals surface area contributed by atoms with Crippen molar-refractivity contribution in [3.05, 3.63) is 48.6 Å². The average molecular weight is 345 g/mol. The van der Waals surface area contributed by atoms with E-state index in [4.69, 9.17) is 4.84 Å². The summed E-state index contributed by atoms with van der Waals surface area (Å²) in [5, 5.41) is 3.91. The van der Waals surface area contributed by atoms with Gasteiger partial charge in [0.2, 0.25) is 0 Å². The van der Waals surface area contributed by atoms with Gasteiger partial charge in [-0.15, -0.1) is 0 Å². The standard InChI is InChI=1S/C21H31NO3/c1-3-4-5-6-7-8-9-10-11-12-13-14-15-16-20-17-19(22-25-20)18-21(23)24-2/h7-8,10-11,13-16,20H,3-6,9,12,17-18H2,1-2H3/b8-7-,11-10-,14-13-,16-15+. The molecule has 4 heteroatoms. The van der Waals surface area contributed by atoms with Crippen molar-refractivity contribution in [1.82, 2.24) is 0 Å². The zero-order chi connectivity index (χ0) is 18.2. The second-order valence-electron chi connectivity index (χ2n) is 5.98. The summed E-state index contributed by atoms with van der Waals surface area (Å²) >= 11 is 0. The van der Waals surface area contributed by atoms with Gasteiger partial charge in [-0.25, -0.2) is 0 Å². The Bertz CT molecular complexity index is 515. The second-order valence-corrected chi connectivity index (χ2v) is 5.98. The van der Waals surface area contributed by atoms with Gasteiger partial charge in [0.05, 0.1) is 19.2 Å². The first-order valence-corrected chi connectivity index (χ1v) is 9.18. The van der Waals surface area contributed by atoms with Crippen molar-refractivity contribution in [2.45, 2.75) is 64.4 Å². The van der Waals surface area contributed by atoms with Gasteiger partial charge in [0.15, 0.2) is 6.10 Å². The van der Waals surface area contributed by atoms with Crippen LogP contribution in [0.3, 0.4) is 0 Å². The molecule has 0 saturated heterocycles. The van der Waals surface area contributed by atoms with E-state index in [0.29, 0.717) is 6.42 Å². The molecule has 25 heavy (non-hydrogen) atoms. The van der Waals surface area contributed by atoms with Crippen molar-refractivity contribution >= 4 is 11.7 Å². The molecule has 0 saturated carbocycles. The Hall–Kier alpha value is -2.10. The summed E-state index contributed by atoms with van der Waals surface area (Å²) in [7, 11) is 1.37. The smallest absolute Gasteiger partial charge is 0.311 e. The van der Waals surface area contributed by atoms with Gasteiger partial charge in [0.1, 0.15) is 0 Å².